The van der Waals surface area contributed by atoms with Crippen LogP contribution < -0.4 is 0 Å². The van der Waals surface area contributed by atoms with Crippen LogP contribution in [0.25, 0.3) is 10.9 Å². The second-order valence-electron chi connectivity index (χ2n) is 6.64. The van der Waals surface area contributed by atoms with Crippen LogP contribution in [0.15, 0.2) is 35.9 Å². The van der Waals surface area contributed by atoms with Crippen molar-refractivity contribution in [2.24, 2.45) is 5.92 Å². The number of aromatic nitrogens is 1. The van der Waals surface area contributed by atoms with Gasteiger partial charge >= 0.3 is 5.97 Å². The van der Waals surface area contributed by atoms with Crippen LogP contribution in [0, 0.1) is 5.92 Å². The summed E-state index contributed by atoms with van der Waals surface area (Å²) in [5, 5.41) is 1.23. The largest absolute Gasteiger partial charge is 0.468 e. The molecule has 1 aromatic carbocycles. The molecule has 1 aliphatic heterocycles. The average molecular weight is 310 g/mol. The highest BCUT2D eigenvalue weighted by Gasteiger charge is 2.47. The summed E-state index contributed by atoms with van der Waals surface area (Å²) in [4.78, 5) is 18.5. The van der Waals surface area contributed by atoms with Gasteiger partial charge in [-0.25, -0.2) is 0 Å². The standard InChI is InChI=1S/C19H22N2O2/c1-4-11-10-21(2)15-9-13(11)17(19(22)23-3)18-16(15)12-7-5-6-8-14(12)20-18/h4-8,13,15,17,20H,9-10H2,1-3H3/b11-4-/t13-,15-,17-/m0/s1. The number of nitrogens with zero attached hydrogens (tertiary/aromatic N) is 1. The van der Waals surface area contributed by atoms with E-state index < -0.39 is 0 Å². The fraction of sp³-hybridized carbons (Fsp3) is 0.421. The van der Waals surface area contributed by atoms with Gasteiger partial charge in [-0.05, 0) is 32.0 Å². The number of carbonyl (C=O) groups is 1. The molecule has 4 heteroatoms. The fourth-order valence-electron chi connectivity index (χ4n) is 4.48. The number of para-hydroxylation sites is 1. The van der Waals surface area contributed by atoms with E-state index >= 15 is 0 Å². The number of ether oxygens (including phenoxy) is 1. The first-order valence-corrected chi connectivity index (χ1v) is 8.19. The topological polar surface area (TPSA) is 45.3 Å². The van der Waals surface area contributed by atoms with E-state index in [-0.39, 0.29) is 17.8 Å². The van der Waals surface area contributed by atoms with Crippen LogP contribution in [0.2, 0.25) is 0 Å². The zero-order chi connectivity index (χ0) is 16.1. The Kier molecular flexibility index (Phi) is 3.31. The van der Waals surface area contributed by atoms with Crippen LogP contribution in [-0.4, -0.2) is 36.6 Å². The summed E-state index contributed by atoms with van der Waals surface area (Å²) in [6.45, 7) is 2.98. The van der Waals surface area contributed by atoms with E-state index in [2.05, 4.69) is 48.1 Å². The number of aromatic amines is 1. The number of hydrogen-bond acceptors (Lipinski definition) is 3. The number of allylic oxidation sites excluding steroid dienone is 1. The third-order valence-electron chi connectivity index (χ3n) is 5.57. The van der Waals surface area contributed by atoms with E-state index in [1.54, 1.807) is 0 Å². The summed E-state index contributed by atoms with van der Waals surface area (Å²) in [6, 6.07) is 8.69. The molecule has 2 bridgehead atoms. The summed E-state index contributed by atoms with van der Waals surface area (Å²) < 4.78 is 5.15. The Morgan fingerprint density at radius 3 is 2.91 bits per heavy atom. The molecule has 120 valence electrons. The maximum Gasteiger partial charge on any atom is 0.315 e. The number of carbonyl (C=O) groups excluding carboxylic acids is 1. The summed E-state index contributed by atoms with van der Waals surface area (Å²) in [6.07, 6.45) is 3.14. The normalized spacial score (nSPS) is 28.8. The van der Waals surface area contributed by atoms with E-state index in [4.69, 9.17) is 4.74 Å². The molecular weight excluding hydrogens is 288 g/mol. The molecule has 4 rings (SSSR count). The number of piperidine rings is 1. The molecule has 0 unspecified atom stereocenters. The molecule has 1 aromatic heterocycles. The lowest BCUT2D eigenvalue weighted by Gasteiger charge is -2.45. The van der Waals surface area contributed by atoms with Gasteiger partial charge in [0.05, 0.1) is 7.11 Å². The number of hydrogen-bond donors (Lipinski definition) is 1. The van der Waals surface area contributed by atoms with Gasteiger partial charge < -0.3 is 9.72 Å². The molecule has 0 radical (unpaired) electrons. The minimum Gasteiger partial charge on any atom is -0.468 e. The van der Waals surface area contributed by atoms with Gasteiger partial charge in [-0.3, -0.25) is 9.69 Å². The Labute approximate surface area is 136 Å². The summed E-state index contributed by atoms with van der Waals surface area (Å²) >= 11 is 0. The number of likely N-dealkylation sites (tertiary alicyclic amines) is 1. The lowest BCUT2D eigenvalue weighted by Crippen LogP contribution is -2.43. The van der Waals surface area contributed by atoms with Crippen LogP contribution in [0.3, 0.4) is 0 Å². The SMILES string of the molecule is C/C=C1/CN(C)[C@H]2C[C@@H]1[C@H](C(=O)OC)c1[nH]c3ccccc3c12. The maximum absolute atomic E-state index is 12.6. The van der Waals surface area contributed by atoms with Crippen molar-refractivity contribution in [3.05, 3.63) is 47.2 Å². The monoisotopic (exact) mass is 310 g/mol. The van der Waals surface area contributed by atoms with E-state index in [0.717, 1.165) is 24.2 Å². The molecule has 2 aliphatic rings. The molecule has 1 N–H and O–H groups in total. The molecule has 1 aliphatic carbocycles. The highest BCUT2D eigenvalue weighted by atomic mass is 16.5. The number of esters is 1. The first-order chi connectivity index (χ1) is 11.2. The Hall–Kier alpha value is -2.07. The van der Waals surface area contributed by atoms with Gasteiger partial charge in [0.25, 0.3) is 0 Å². The van der Waals surface area contributed by atoms with Gasteiger partial charge in [-0.2, -0.15) is 0 Å². The predicted octanol–water partition coefficient (Wildman–Crippen LogP) is 3.38. The lowest BCUT2D eigenvalue weighted by atomic mass is 9.69. The molecule has 0 saturated carbocycles. The van der Waals surface area contributed by atoms with E-state index in [1.165, 1.54) is 23.6 Å². The number of likely N-dealkylation sites (N-methyl/N-ethyl adjacent to an activating group) is 1. The van der Waals surface area contributed by atoms with Crippen molar-refractivity contribution >= 4 is 16.9 Å². The minimum absolute atomic E-state index is 0.134. The second-order valence-corrected chi connectivity index (χ2v) is 6.64. The van der Waals surface area contributed by atoms with Crippen LogP contribution in [-0.2, 0) is 9.53 Å². The van der Waals surface area contributed by atoms with Gasteiger partial charge in [0.2, 0.25) is 0 Å². The Bertz CT molecular complexity index is 805. The molecule has 4 nitrogen and oxygen atoms in total. The summed E-state index contributed by atoms with van der Waals surface area (Å²) in [5.41, 5.74) is 4.77. The van der Waals surface area contributed by atoms with Crippen molar-refractivity contribution < 1.29 is 9.53 Å². The molecule has 1 fully saturated rings. The minimum atomic E-state index is -0.224. The van der Waals surface area contributed by atoms with Crippen LogP contribution in [0.4, 0.5) is 0 Å². The van der Waals surface area contributed by atoms with E-state index in [1.807, 2.05) is 6.07 Å². The molecule has 1 saturated heterocycles. The van der Waals surface area contributed by atoms with Gasteiger partial charge in [0, 0.05) is 35.1 Å². The number of fused-ring (bicyclic) bond motifs is 6. The quantitative estimate of drug-likeness (QED) is 0.649. The zero-order valence-corrected chi connectivity index (χ0v) is 13.8. The van der Waals surface area contributed by atoms with Crippen LogP contribution in [0.5, 0.6) is 0 Å². The van der Waals surface area contributed by atoms with Crippen molar-refractivity contribution in [3.63, 3.8) is 0 Å². The fourth-order valence-corrected chi connectivity index (χ4v) is 4.48. The molecule has 0 spiro atoms. The summed E-state index contributed by atoms with van der Waals surface area (Å²) in [5.74, 6) is -0.127. The maximum atomic E-state index is 12.6. The molecule has 2 heterocycles. The Balaban J connectivity index is 1.99. The number of H-pyrrole nitrogens is 1. The highest BCUT2D eigenvalue weighted by Crippen LogP contribution is 2.52. The number of benzene rings is 1. The predicted molar refractivity (Wildman–Crippen MR) is 90.3 cm³/mol. The van der Waals surface area contributed by atoms with Crippen molar-refractivity contribution in [1.82, 2.24) is 9.88 Å². The van der Waals surface area contributed by atoms with Crippen LogP contribution >= 0.6 is 0 Å². The first-order valence-electron chi connectivity index (χ1n) is 8.19. The molecule has 0 amide bonds. The molecule has 23 heavy (non-hydrogen) atoms. The molecular formula is C19H22N2O2. The average Bonchev–Trinajstić information content (AvgIpc) is 2.96. The number of nitrogens with one attached hydrogen (secondary N) is 1. The highest BCUT2D eigenvalue weighted by molar-refractivity contribution is 5.90. The smallest absolute Gasteiger partial charge is 0.315 e. The van der Waals surface area contributed by atoms with Gasteiger partial charge in [0.1, 0.15) is 5.92 Å². The zero-order valence-electron chi connectivity index (χ0n) is 13.8. The first kappa shape index (κ1) is 14.5. The second kappa shape index (κ2) is 5.24. The number of rotatable bonds is 1. The van der Waals surface area contributed by atoms with Crippen molar-refractivity contribution in [2.75, 3.05) is 20.7 Å². The van der Waals surface area contributed by atoms with Gasteiger partial charge in [0.15, 0.2) is 0 Å². The van der Waals surface area contributed by atoms with E-state index in [0.29, 0.717) is 6.04 Å². The van der Waals surface area contributed by atoms with Gasteiger partial charge in [-0.1, -0.05) is 29.8 Å². The van der Waals surface area contributed by atoms with Crippen molar-refractivity contribution in [3.8, 4) is 0 Å². The van der Waals surface area contributed by atoms with Crippen LogP contribution in [0.1, 0.15) is 36.6 Å². The third kappa shape index (κ3) is 1.98. The molecule has 2 aromatic rings. The van der Waals surface area contributed by atoms with E-state index in [9.17, 15) is 4.79 Å². The Morgan fingerprint density at radius 1 is 1.39 bits per heavy atom. The third-order valence-corrected chi connectivity index (χ3v) is 5.57. The Morgan fingerprint density at radius 2 is 2.17 bits per heavy atom. The van der Waals surface area contributed by atoms with Crippen molar-refractivity contribution in [2.45, 2.75) is 25.3 Å². The summed E-state index contributed by atoms with van der Waals surface area (Å²) in [7, 11) is 3.66. The van der Waals surface area contributed by atoms with Gasteiger partial charge in [-0.15, -0.1) is 0 Å². The number of methoxy groups -OCH3 is 1. The molecule has 3 atom stereocenters. The lowest BCUT2D eigenvalue weighted by molar-refractivity contribution is -0.144. The van der Waals surface area contributed by atoms with Crippen molar-refractivity contribution in [1.29, 1.82) is 0 Å².